The van der Waals surface area contributed by atoms with Gasteiger partial charge in [-0.1, -0.05) is 0 Å². The summed E-state index contributed by atoms with van der Waals surface area (Å²) in [5, 5.41) is 6.22. The molecule has 0 aliphatic heterocycles. The van der Waals surface area contributed by atoms with E-state index in [2.05, 4.69) is 10.2 Å². The summed E-state index contributed by atoms with van der Waals surface area (Å²) in [6.45, 7) is 4.41. The van der Waals surface area contributed by atoms with Crippen LogP contribution in [-0.2, 0) is 4.74 Å². The van der Waals surface area contributed by atoms with E-state index < -0.39 is 5.97 Å². The number of hydrogen-bond donors (Lipinski definition) is 1. The molecule has 13 heavy (non-hydrogen) atoms. The van der Waals surface area contributed by atoms with Gasteiger partial charge < -0.3 is 9.47 Å². The van der Waals surface area contributed by atoms with Crippen LogP contribution in [0.4, 0.5) is 0 Å². The molecule has 0 bridgehead atoms. The van der Waals surface area contributed by atoms with Crippen molar-refractivity contribution in [1.82, 2.24) is 10.2 Å². The molecule has 5 nitrogen and oxygen atoms in total. The van der Waals surface area contributed by atoms with Gasteiger partial charge in [-0.2, -0.15) is 5.10 Å². The molecular weight excluding hydrogens is 172 g/mol. The normalized spacial score (nSPS) is 9.69. The predicted octanol–water partition coefficient (Wildman–Crippen LogP) is 0.985. The van der Waals surface area contributed by atoms with Gasteiger partial charge in [-0.15, -0.1) is 0 Å². The van der Waals surface area contributed by atoms with E-state index in [-0.39, 0.29) is 5.69 Å². The number of ether oxygens (including phenoxy) is 2. The number of H-pyrrole nitrogens is 1. The smallest absolute Gasteiger partial charge is 0.360 e. The molecule has 0 amide bonds. The zero-order valence-electron chi connectivity index (χ0n) is 7.66. The number of rotatable bonds is 4. The zero-order chi connectivity index (χ0) is 9.68. The number of nitrogens with zero attached hydrogens (tertiary/aromatic N) is 1. The minimum Gasteiger partial charge on any atom is -0.490 e. The minimum atomic E-state index is -0.441. The van der Waals surface area contributed by atoms with E-state index in [1.807, 2.05) is 6.92 Å². The van der Waals surface area contributed by atoms with Crippen molar-refractivity contribution in [2.24, 2.45) is 0 Å². The molecule has 0 radical (unpaired) electrons. The predicted molar refractivity (Wildman–Crippen MR) is 45.7 cm³/mol. The largest absolute Gasteiger partial charge is 0.490 e. The minimum absolute atomic E-state index is 0.267. The van der Waals surface area contributed by atoms with Gasteiger partial charge in [0.2, 0.25) is 0 Å². The molecule has 0 aromatic carbocycles. The zero-order valence-corrected chi connectivity index (χ0v) is 7.66. The Balaban J connectivity index is 2.74. The van der Waals surface area contributed by atoms with Crippen molar-refractivity contribution < 1.29 is 14.3 Å². The first-order valence-electron chi connectivity index (χ1n) is 4.12. The summed E-state index contributed by atoms with van der Waals surface area (Å²) in [5.41, 5.74) is 0.267. The number of carbonyl (C=O) groups is 1. The number of aromatic nitrogens is 2. The van der Waals surface area contributed by atoms with E-state index in [1.54, 1.807) is 6.92 Å². The summed E-state index contributed by atoms with van der Waals surface area (Å²) in [4.78, 5) is 11.2. The van der Waals surface area contributed by atoms with Gasteiger partial charge >= 0.3 is 5.97 Å². The lowest BCUT2D eigenvalue weighted by Crippen LogP contribution is -2.07. The number of aromatic amines is 1. The van der Waals surface area contributed by atoms with Crippen molar-refractivity contribution in [2.75, 3.05) is 13.2 Å². The molecule has 0 unspecified atom stereocenters. The highest BCUT2D eigenvalue weighted by molar-refractivity contribution is 5.90. The first kappa shape index (κ1) is 9.57. The molecule has 1 rings (SSSR count). The first-order valence-corrected chi connectivity index (χ1v) is 4.12. The van der Waals surface area contributed by atoms with Crippen molar-refractivity contribution in [3.63, 3.8) is 0 Å². The Bertz CT molecular complexity index is 283. The van der Waals surface area contributed by atoms with Gasteiger partial charge in [0, 0.05) is 0 Å². The second kappa shape index (κ2) is 4.49. The maximum atomic E-state index is 11.2. The van der Waals surface area contributed by atoms with E-state index in [9.17, 15) is 4.79 Å². The van der Waals surface area contributed by atoms with Crippen molar-refractivity contribution in [2.45, 2.75) is 13.8 Å². The number of hydrogen-bond acceptors (Lipinski definition) is 4. The molecule has 0 spiro atoms. The van der Waals surface area contributed by atoms with Crippen LogP contribution in [0.25, 0.3) is 0 Å². The Labute approximate surface area is 76.0 Å². The van der Waals surface area contributed by atoms with E-state index in [0.717, 1.165) is 0 Å². The maximum absolute atomic E-state index is 11.2. The Hall–Kier alpha value is -1.52. The quantitative estimate of drug-likeness (QED) is 0.708. The van der Waals surface area contributed by atoms with Crippen molar-refractivity contribution in [1.29, 1.82) is 0 Å². The van der Waals surface area contributed by atoms with Crippen LogP contribution in [0.2, 0.25) is 0 Å². The number of esters is 1. The topological polar surface area (TPSA) is 64.2 Å². The highest BCUT2D eigenvalue weighted by Crippen LogP contribution is 2.15. The van der Waals surface area contributed by atoms with Crippen LogP contribution in [0.3, 0.4) is 0 Å². The third-order valence-corrected chi connectivity index (χ3v) is 1.38. The molecule has 1 heterocycles. The summed E-state index contributed by atoms with van der Waals surface area (Å²) >= 11 is 0. The van der Waals surface area contributed by atoms with Gasteiger partial charge in [0.1, 0.15) is 0 Å². The fourth-order valence-corrected chi connectivity index (χ4v) is 0.890. The summed E-state index contributed by atoms with van der Waals surface area (Å²) in [6.07, 6.45) is 1.45. The summed E-state index contributed by atoms with van der Waals surface area (Å²) in [6, 6.07) is 0. The molecule has 0 saturated carbocycles. The van der Waals surface area contributed by atoms with Crippen LogP contribution in [-0.4, -0.2) is 29.4 Å². The molecule has 0 aliphatic rings. The second-order valence-electron chi connectivity index (χ2n) is 2.26. The Kier molecular flexibility index (Phi) is 3.31. The van der Waals surface area contributed by atoms with Crippen molar-refractivity contribution in [3.8, 4) is 5.75 Å². The van der Waals surface area contributed by atoms with Gasteiger partial charge in [0.25, 0.3) is 0 Å². The van der Waals surface area contributed by atoms with Gasteiger partial charge in [-0.05, 0) is 13.8 Å². The van der Waals surface area contributed by atoms with Crippen molar-refractivity contribution in [3.05, 3.63) is 11.9 Å². The lowest BCUT2D eigenvalue weighted by Gasteiger charge is -2.02. The van der Waals surface area contributed by atoms with Crippen molar-refractivity contribution >= 4 is 5.97 Å². The van der Waals surface area contributed by atoms with Crippen LogP contribution < -0.4 is 4.74 Å². The average Bonchev–Trinajstić information content (AvgIpc) is 2.54. The lowest BCUT2D eigenvalue weighted by atomic mass is 10.4. The van der Waals surface area contributed by atoms with E-state index >= 15 is 0 Å². The summed E-state index contributed by atoms with van der Waals surface area (Å²) in [7, 11) is 0. The lowest BCUT2D eigenvalue weighted by molar-refractivity contribution is 0.0515. The summed E-state index contributed by atoms with van der Waals surface area (Å²) in [5.74, 6) is -0.00981. The molecule has 1 aromatic rings. The van der Waals surface area contributed by atoms with E-state index in [4.69, 9.17) is 9.47 Å². The molecular formula is C8H12N2O3. The van der Waals surface area contributed by atoms with E-state index in [0.29, 0.717) is 19.0 Å². The number of nitrogens with one attached hydrogen (secondary N) is 1. The van der Waals surface area contributed by atoms with Gasteiger partial charge in [0.15, 0.2) is 11.4 Å². The molecule has 0 saturated heterocycles. The molecule has 1 aromatic heterocycles. The highest BCUT2D eigenvalue weighted by atomic mass is 16.5. The van der Waals surface area contributed by atoms with Crippen LogP contribution >= 0.6 is 0 Å². The standard InChI is InChI=1S/C8H12N2O3/c1-3-12-6-5-9-10-7(6)8(11)13-4-2/h5H,3-4H2,1-2H3,(H,9,10). The molecule has 0 aliphatic carbocycles. The molecule has 72 valence electrons. The number of carbonyl (C=O) groups excluding carboxylic acids is 1. The third kappa shape index (κ3) is 2.21. The van der Waals surface area contributed by atoms with E-state index in [1.165, 1.54) is 6.20 Å². The van der Waals surface area contributed by atoms with Crippen LogP contribution in [0.15, 0.2) is 6.20 Å². The SMILES string of the molecule is CCOC(=O)c1[nH]ncc1OCC. The second-order valence-corrected chi connectivity index (χ2v) is 2.26. The van der Waals surface area contributed by atoms with Crippen LogP contribution in [0.5, 0.6) is 5.75 Å². The Morgan fingerprint density at radius 3 is 2.92 bits per heavy atom. The van der Waals surface area contributed by atoms with Gasteiger partial charge in [-0.3, -0.25) is 5.10 Å². The maximum Gasteiger partial charge on any atom is 0.360 e. The van der Waals surface area contributed by atoms with Crippen LogP contribution in [0.1, 0.15) is 24.3 Å². The average molecular weight is 184 g/mol. The van der Waals surface area contributed by atoms with Crippen LogP contribution in [0, 0.1) is 0 Å². The molecule has 0 fully saturated rings. The fraction of sp³-hybridized carbons (Fsp3) is 0.500. The molecule has 0 atom stereocenters. The molecule has 5 heteroatoms. The van der Waals surface area contributed by atoms with Gasteiger partial charge in [-0.25, -0.2) is 4.79 Å². The Morgan fingerprint density at radius 1 is 1.54 bits per heavy atom. The monoisotopic (exact) mass is 184 g/mol. The summed E-state index contributed by atoms with van der Waals surface area (Å²) < 4.78 is 9.93. The Morgan fingerprint density at radius 2 is 2.31 bits per heavy atom. The molecule has 1 N–H and O–H groups in total. The third-order valence-electron chi connectivity index (χ3n) is 1.38. The fourth-order valence-electron chi connectivity index (χ4n) is 0.890. The first-order chi connectivity index (χ1) is 6.29. The van der Waals surface area contributed by atoms with Gasteiger partial charge in [0.05, 0.1) is 19.4 Å². The highest BCUT2D eigenvalue weighted by Gasteiger charge is 2.15.